The maximum atomic E-state index is 10.9. The molecule has 0 amide bonds. The van der Waals surface area contributed by atoms with Gasteiger partial charge in [-0.05, 0) is 25.0 Å². The number of aromatic nitrogens is 4. The van der Waals surface area contributed by atoms with E-state index in [1.165, 1.54) is 0 Å². The first kappa shape index (κ1) is 9.21. The summed E-state index contributed by atoms with van der Waals surface area (Å²) in [5.41, 5.74) is 0.523. The smallest absolute Gasteiger partial charge is 0.165 e. The van der Waals surface area contributed by atoms with Crippen molar-refractivity contribution in [1.29, 1.82) is 0 Å². The summed E-state index contributed by atoms with van der Waals surface area (Å²) in [6, 6.07) is 3.44. The Morgan fingerprint density at radius 2 is 2.25 bits per heavy atom. The van der Waals surface area contributed by atoms with Gasteiger partial charge in [0.15, 0.2) is 17.9 Å². The van der Waals surface area contributed by atoms with E-state index in [0.717, 1.165) is 25.0 Å². The van der Waals surface area contributed by atoms with Gasteiger partial charge in [-0.3, -0.25) is 4.79 Å². The maximum absolute atomic E-state index is 10.9. The molecule has 5 heteroatoms. The number of rotatable bonds is 3. The van der Waals surface area contributed by atoms with Crippen LogP contribution < -0.4 is 0 Å². The van der Waals surface area contributed by atoms with Crippen LogP contribution in [0.2, 0.25) is 0 Å². The quantitative estimate of drug-likeness (QED) is 0.723. The van der Waals surface area contributed by atoms with Crippen molar-refractivity contribution in [3.05, 3.63) is 36.0 Å². The fourth-order valence-corrected chi connectivity index (χ4v) is 1.60. The molecule has 16 heavy (non-hydrogen) atoms. The van der Waals surface area contributed by atoms with Crippen molar-refractivity contribution in [3.63, 3.8) is 0 Å². The standard InChI is InChI=1S/C11H10N4O/c16-6-9-2-1-5-12-11(9)15-7-13-10(14-15)8-3-4-8/h1-2,5-8H,3-4H2. The van der Waals surface area contributed by atoms with Gasteiger partial charge in [-0.25, -0.2) is 14.6 Å². The van der Waals surface area contributed by atoms with Crippen LogP contribution in [0.4, 0.5) is 0 Å². The SMILES string of the molecule is O=Cc1cccnc1-n1cnc(C2CC2)n1. The van der Waals surface area contributed by atoms with Gasteiger partial charge in [-0.1, -0.05) is 0 Å². The van der Waals surface area contributed by atoms with E-state index in [2.05, 4.69) is 15.1 Å². The molecule has 2 heterocycles. The normalized spacial score (nSPS) is 15.0. The van der Waals surface area contributed by atoms with Crippen LogP contribution >= 0.6 is 0 Å². The predicted octanol–water partition coefficient (Wildman–Crippen LogP) is 1.35. The van der Waals surface area contributed by atoms with Crippen LogP contribution in [0.5, 0.6) is 0 Å². The second kappa shape index (κ2) is 3.52. The molecule has 0 aliphatic heterocycles. The Morgan fingerprint density at radius 3 is 3.00 bits per heavy atom. The molecule has 1 aliphatic rings. The van der Waals surface area contributed by atoms with Gasteiger partial charge in [0.05, 0.1) is 5.56 Å². The Labute approximate surface area is 92.2 Å². The van der Waals surface area contributed by atoms with Gasteiger partial charge in [0, 0.05) is 12.1 Å². The van der Waals surface area contributed by atoms with Gasteiger partial charge in [0.1, 0.15) is 6.33 Å². The molecular formula is C11H10N4O. The van der Waals surface area contributed by atoms with E-state index >= 15 is 0 Å². The highest BCUT2D eigenvalue weighted by Gasteiger charge is 2.27. The maximum Gasteiger partial charge on any atom is 0.165 e. The molecule has 80 valence electrons. The number of pyridine rings is 1. The monoisotopic (exact) mass is 214 g/mol. The summed E-state index contributed by atoms with van der Waals surface area (Å²) >= 11 is 0. The largest absolute Gasteiger partial charge is 0.298 e. The van der Waals surface area contributed by atoms with Gasteiger partial charge in [-0.15, -0.1) is 5.10 Å². The van der Waals surface area contributed by atoms with Crippen molar-refractivity contribution in [2.24, 2.45) is 0 Å². The minimum absolute atomic E-state index is 0.504. The molecule has 0 atom stereocenters. The first-order valence-electron chi connectivity index (χ1n) is 5.20. The molecule has 0 aromatic carbocycles. The number of nitrogens with zero attached hydrogens (tertiary/aromatic N) is 4. The van der Waals surface area contributed by atoms with E-state index in [1.807, 2.05) is 0 Å². The minimum Gasteiger partial charge on any atom is -0.298 e. The molecule has 0 N–H and O–H groups in total. The third-order valence-corrected chi connectivity index (χ3v) is 2.61. The van der Waals surface area contributed by atoms with Gasteiger partial charge < -0.3 is 0 Å². The number of aldehydes is 1. The second-order valence-corrected chi connectivity index (χ2v) is 3.86. The van der Waals surface area contributed by atoms with Crippen molar-refractivity contribution in [2.75, 3.05) is 0 Å². The average Bonchev–Trinajstić information content (AvgIpc) is 3.07. The van der Waals surface area contributed by atoms with Gasteiger partial charge >= 0.3 is 0 Å². The van der Waals surface area contributed by atoms with E-state index < -0.39 is 0 Å². The molecular weight excluding hydrogens is 204 g/mol. The molecule has 1 aliphatic carbocycles. The molecule has 0 unspecified atom stereocenters. The van der Waals surface area contributed by atoms with Crippen molar-refractivity contribution < 1.29 is 4.79 Å². The molecule has 0 radical (unpaired) electrons. The Morgan fingerprint density at radius 1 is 1.38 bits per heavy atom. The van der Waals surface area contributed by atoms with E-state index in [1.54, 1.807) is 29.3 Å². The lowest BCUT2D eigenvalue weighted by atomic mass is 10.3. The van der Waals surface area contributed by atoms with Gasteiger partial charge in [0.25, 0.3) is 0 Å². The van der Waals surface area contributed by atoms with E-state index in [4.69, 9.17) is 0 Å². The fraction of sp³-hybridized carbons (Fsp3) is 0.273. The highest BCUT2D eigenvalue weighted by atomic mass is 16.1. The minimum atomic E-state index is 0.504. The molecule has 0 bridgehead atoms. The lowest BCUT2D eigenvalue weighted by Gasteiger charge is -2.00. The zero-order valence-electron chi connectivity index (χ0n) is 8.58. The molecule has 2 aromatic rings. The first-order valence-corrected chi connectivity index (χ1v) is 5.20. The van der Waals surface area contributed by atoms with Crippen LogP contribution in [-0.4, -0.2) is 26.0 Å². The van der Waals surface area contributed by atoms with Gasteiger partial charge in [0.2, 0.25) is 0 Å². The lowest BCUT2D eigenvalue weighted by molar-refractivity contribution is 0.112. The summed E-state index contributed by atoms with van der Waals surface area (Å²) in [5.74, 6) is 1.89. The van der Waals surface area contributed by atoms with E-state index in [9.17, 15) is 4.79 Å². The Balaban J connectivity index is 2.03. The predicted molar refractivity (Wildman–Crippen MR) is 56.5 cm³/mol. The first-order chi connectivity index (χ1) is 7.88. The molecule has 0 spiro atoms. The molecule has 5 nitrogen and oxygen atoms in total. The summed E-state index contributed by atoms with van der Waals surface area (Å²) < 4.78 is 1.57. The molecule has 2 aromatic heterocycles. The van der Waals surface area contributed by atoms with Crippen molar-refractivity contribution >= 4 is 6.29 Å². The second-order valence-electron chi connectivity index (χ2n) is 3.86. The summed E-state index contributed by atoms with van der Waals surface area (Å²) in [6.07, 6.45) is 6.35. The van der Waals surface area contributed by atoms with Crippen LogP contribution in [-0.2, 0) is 0 Å². The third-order valence-electron chi connectivity index (χ3n) is 2.61. The fourth-order valence-electron chi connectivity index (χ4n) is 1.60. The Hall–Kier alpha value is -2.04. The van der Waals surface area contributed by atoms with E-state index in [-0.39, 0.29) is 0 Å². The Bertz CT molecular complexity index is 530. The summed E-state index contributed by atoms with van der Waals surface area (Å²) in [7, 11) is 0. The highest BCUT2D eigenvalue weighted by Crippen LogP contribution is 2.37. The molecule has 3 rings (SSSR count). The summed E-state index contributed by atoms with van der Waals surface area (Å²) in [4.78, 5) is 19.2. The van der Waals surface area contributed by atoms with Gasteiger partial charge in [-0.2, -0.15) is 0 Å². The summed E-state index contributed by atoms with van der Waals surface area (Å²) in [5, 5.41) is 4.34. The van der Waals surface area contributed by atoms with Crippen LogP contribution in [0.15, 0.2) is 24.7 Å². The van der Waals surface area contributed by atoms with E-state index in [0.29, 0.717) is 17.3 Å². The van der Waals surface area contributed by atoms with Crippen LogP contribution in [0.1, 0.15) is 34.9 Å². The van der Waals surface area contributed by atoms with Crippen molar-refractivity contribution in [2.45, 2.75) is 18.8 Å². The van der Waals surface area contributed by atoms with Crippen LogP contribution in [0, 0.1) is 0 Å². The highest BCUT2D eigenvalue weighted by molar-refractivity contribution is 5.79. The van der Waals surface area contributed by atoms with Crippen LogP contribution in [0.3, 0.4) is 0 Å². The molecule has 1 fully saturated rings. The molecule has 1 saturated carbocycles. The number of hydrogen-bond acceptors (Lipinski definition) is 4. The zero-order chi connectivity index (χ0) is 11.0. The Kier molecular flexibility index (Phi) is 2.02. The molecule has 0 saturated heterocycles. The summed E-state index contributed by atoms with van der Waals surface area (Å²) in [6.45, 7) is 0. The van der Waals surface area contributed by atoms with Crippen molar-refractivity contribution in [1.82, 2.24) is 19.7 Å². The van der Waals surface area contributed by atoms with Crippen molar-refractivity contribution in [3.8, 4) is 5.82 Å². The number of carbonyl (C=O) groups excluding carboxylic acids is 1. The lowest BCUT2D eigenvalue weighted by Crippen LogP contribution is -2.02. The van der Waals surface area contributed by atoms with Crippen LogP contribution in [0.25, 0.3) is 5.82 Å². The third kappa shape index (κ3) is 1.50. The topological polar surface area (TPSA) is 60.7 Å². The number of carbonyl (C=O) groups is 1. The average molecular weight is 214 g/mol. The zero-order valence-corrected chi connectivity index (χ0v) is 8.58. The number of hydrogen-bond donors (Lipinski definition) is 0.